The van der Waals surface area contributed by atoms with Gasteiger partial charge in [-0.2, -0.15) is 0 Å². The Morgan fingerprint density at radius 1 is 1.40 bits per heavy atom. The second kappa shape index (κ2) is 5.20. The van der Waals surface area contributed by atoms with E-state index in [1.165, 1.54) is 10.6 Å². The third-order valence-corrected chi connectivity index (χ3v) is 5.44. The van der Waals surface area contributed by atoms with Crippen LogP contribution in [0.1, 0.15) is 36.9 Å². The van der Waals surface area contributed by atoms with Crippen molar-refractivity contribution < 1.29 is 0 Å². The van der Waals surface area contributed by atoms with E-state index in [9.17, 15) is 0 Å². The number of rotatable bonds is 2. The van der Waals surface area contributed by atoms with E-state index in [4.69, 9.17) is 4.98 Å². The van der Waals surface area contributed by atoms with Crippen molar-refractivity contribution in [3.05, 3.63) is 33.4 Å². The average molecular weight is 352 g/mol. The van der Waals surface area contributed by atoms with Crippen LogP contribution >= 0.6 is 27.3 Å². The first-order chi connectivity index (χ1) is 9.48. The van der Waals surface area contributed by atoms with E-state index in [2.05, 4.69) is 40.1 Å². The molecular weight excluding hydrogens is 334 g/mol. The number of nitrogens with zero attached hydrogens (tertiary/aromatic N) is 2. The van der Waals surface area contributed by atoms with Crippen LogP contribution in [0.25, 0.3) is 10.7 Å². The molecule has 1 unspecified atom stereocenters. The van der Waals surface area contributed by atoms with Gasteiger partial charge in [0.25, 0.3) is 0 Å². The van der Waals surface area contributed by atoms with Crippen molar-refractivity contribution in [2.24, 2.45) is 5.41 Å². The molecule has 106 valence electrons. The second-order valence-electron chi connectivity index (χ2n) is 6.08. The summed E-state index contributed by atoms with van der Waals surface area (Å²) in [6.45, 7) is 4.63. The first-order valence-electron chi connectivity index (χ1n) is 6.77. The number of halogens is 1. The van der Waals surface area contributed by atoms with Crippen molar-refractivity contribution in [3.8, 4) is 10.7 Å². The lowest BCUT2D eigenvalue weighted by Crippen LogP contribution is -2.30. The molecule has 0 bridgehead atoms. The standard InChI is InChI=1S/C15H18BrN3S/c1-15(2)6-11(17-3)13-12(7-15)19-14(20-13)10-5-4-9(16)8-18-10/h4-5,8,11,17H,6-7H2,1-3H3. The van der Waals surface area contributed by atoms with Crippen LogP contribution in [-0.2, 0) is 6.42 Å². The molecule has 1 N–H and O–H groups in total. The average Bonchev–Trinajstić information content (AvgIpc) is 2.80. The summed E-state index contributed by atoms with van der Waals surface area (Å²) in [4.78, 5) is 10.7. The molecule has 0 aromatic carbocycles. The molecule has 1 aliphatic carbocycles. The van der Waals surface area contributed by atoms with Gasteiger partial charge in [-0.3, -0.25) is 4.98 Å². The minimum absolute atomic E-state index is 0.305. The number of hydrogen-bond acceptors (Lipinski definition) is 4. The highest BCUT2D eigenvalue weighted by Crippen LogP contribution is 2.44. The minimum Gasteiger partial charge on any atom is -0.312 e. The maximum absolute atomic E-state index is 4.85. The van der Waals surface area contributed by atoms with Crippen LogP contribution in [0.2, 0.25) is 0 Å². The Morgan fingerprint density at radius 3 is 2.85 bits per heavy atom. The molecule has 5 heteroatoms. The molecule has 2 heterocycles. The first-order valence-corrected chi connectivity index (χ1v) is 8.38. The van der Waals surface area contributed by atoms with Crippen LogP contribution in [0.3, 0.4) is 0 Å². The number of fused-ring (bicyclic) bond motifs is 1. The fourth-order valence-electron chi connectivity index (χ4n) is 2.78. The summed E-state index contributed by atoms with van der Waals surface area (Å²) < 4.78 is 0.997. The number of aromatic nitrogens is 2. The predicted octanol–water partition coefficient (Wildman–Crippen LogP) is 4.20. The molecule has 0 saturated heterocycles. The summed E-state index contributed by atoms with van der Waals surface area (Å²) in [6.07, 6.45) is 4.04. The maximum atomic E-state index is 4.85. The van der Waals surface area contributed by atoms with Gasteiger partial charge in [0.2, 0.25) is 0 Å². The van der Waals surface area contributed by atoms with Gasteiger partial charge < -0.3 is 5.32 Å². The minimum atomic E-state index is 0.305. The lowest BCUT2D eigenvalue weighted by molar-refractivity contribution is 0.265. The number of nitrogens with one attached hydrogen (secondary N) is 1. The summed E-state index contributed by atoms with van der Waals surface area (Å²) >= 11 is 5.20. The third-order valence-electron chi connectivity index (χ3n) is 3.74. The van der Waals surface area contributed by atoms with Crippen molar-refractivity contribution in [1.82, 2.24) is 15.3 Å². The monoisotopic (exact) mass is 351 g/mol. The largest absolute Gasteiger partial charge is 0.312 e. The molecular formula is C15H18BrN3S. The zero-order valence-corrected chi connectivity index (χ0v) is 14.3. The second-order valence-corrected chi connectivity index (χ2v) is 8.02. The SMILES string of the molecule is CNC1CC(C)(C)Cc2nc(-c3ccc(Br)cn3)sc21. The zero-order chi connectivity index (χ0) is 14.3. The molecule has 3 rings (SSSR count). The Balaban J connectivity index is 2.01. The molecule has 0 spiro atoms. The van der Waals surface area contributed by atoms with Crippen molar-refractivity contribution in [2.45, 2.75) is 32.7 Å². The topological polar surface area (TPSA) is 37.8 Å². The van der Waals surface area contributed by atoms with Crippen LogP contribution in [0.15, 0.2) is 22.8 Å². The van der Waals surface area contributed by atoms with Crippen molar-refractivity contribution in [2.75, 3.05) is 7.05 Å². The summed E-state index contributed by atoms with van der Waals surface area (Å²) in [6, 6.07) is 4.45. The third kappa shape index (κ3) is 2.67. The van der Waals surface area contributed by atoms with Gasteiger partial charge in [0.15, 0.2) is 0 Å². The summed E-state index contributed by atoms with van der Waals surface area (Å²) in [5.41, 5.74) is 2.50. The molecule has 2 aromatic heterocycles. The number of pyridine rings is 1. The quantitative estimate of drug-likeness (QED) is 0.880. The van der Waals surface area contributed by atoms with E-state index in [0.717, 1.165) is 28.0 Å². The van der Waals surface area contributed by atoms with Gasteiger partial charge >= 0.3 is 0 Å². The fraction of sp³-hybridized carbons (Fsp3) is 0.467. The predicted molar refractivity (Wildman–Crippen MR) is 86.9 cm³/mol. The molecule has 0 saturated carbocycles. The van der Waals surface area contributed by atoms with E-state index in [1.807, 2.05) is 25.4 Å². The van der Waals surface area contributed by atoms with Gasteiger partial charge in [0.05, 0.1) is 11.4 Å². The highest BCUT2D eigenvalue weighted by atomic mass is 79.9. The Morgan fingerprint density at radius 2 is 2.20 bits per heavy atom. The molecule has 3 nitrogen and oxygen atoms in total. The normalized spacial score (nSPS) is 20.7. The molecule has 1 aliphatic rings. The molecule has 0 amide bonds. The fourth-order valence-corrected chi connectivity index (χ4v) is 4.18. The lowest BCUT2D eigenvalue weighted by Gasteiger charge is -2.34. The van der Waals surface area contributed by atoms with E-state index in [1.54, 1.807) is 11.3 Å². The van der Waals surface area contributed by atoms with E-state index in [0.29, 0.717) is 11.5 Å². The van der Waals surface area contributed by atoms with Gasteiger partial charge in [0.1, 0.15) is 5.01 Å². The highest BCUT2D eigenvalue weighted by Gasteiger charge is 2.34. The Bertz CT molecular complexity index is 619. The number of thiazole rings is 1. The molecule has 20 heavy (non-hydrogen) atoms. The number of hydrogen-bond donors (Lipinski definition) is 1. The van der Waals surface area contributed by atoms with Crippen molar-refractivity contribution in [1.29, 1.82) is 0 Å². The van der Waals surface area contributed by atoms with Crippen molar-refractivity contribution in [3.63, 3.8) is 0 Å². The summed E-state index contributed by atoms with van der Waals surface area (Å²) in [7, 11) is 2.03. The highest BCUT2D eigenvalue weighted by molar-refractivity contribution is 9.10. The molecule has 0 radical (unpaired) electrons. The van der Waals surface area contributed by atoms with Gasteiger partial charge in [-0.05, 0) is 53.4 Å². The van der Waals surface area contributed by atoms with Crippen LogP contribution < -0.4 is 5.32 Å². The molecule has 0 fully saturated rings. The van der Waals surface area contributed by atoms with Crippen LogP contribution in [-0.4, -0.2) is 17.0 Å². The van der Waals surface area contributed by atoms with E-state index in [-0.39, 0.29) is 0 Å². The molecule has 1 atom stereocenters. The van der Waals surface area contributed by atoms with Crippen LogP contribution in [0, 0.1) is 5.41 Å². The lowest BCUT2D eigenvalue weighted by atomic mass is 9.76. The van der Waals surface area contributed by atoms with E-state index < -0.39 is 0 Å². The zero-order valence-electron chi connectivity index (χ0n) is 11.9. The Hall–Kier alpha value is -0.780. The van der Waals surface area contributed by atoms with Gasteiger partial charge in [0, 0.05) is 21.6 Å². The van der Waals surface area contributed by atoms with Gasteiger partial charge in [-0.15, -0.1) is 11.3 Å². The summed E-state index contributed by atoms with van der Waals surface area (Å²) in [5, 5.41) is 4.46. The van der Waals surface area contributed by atoms with E-state index >= 15 is 0 Å². The maximum Gasteiger partial charge on any atom is 0.142 e. The molecule has 2 aromatic rings. The first kappa shape index (κ1) is 14.2. The van der Waals surface area contributed by atoms with Gasteiger partial charge in [-0.25, -0.2) is 4.98 Å². The summed E-state index contributed by atoms with van der Waals surface area (Å²) in [5.74, 6) is 0. The van der Waals surface area contributed by atoms with Crippen LogP contribution in [0.5, 0.6) is 0 Å². The Kier molecular flexibility index (Phi) is 3.69. The van der Waals surface area contributed by atoms with Crippen molar-refractivity contribution >= 4 is 27.3 Å². The molecule has 0 aliphatic heterocycles. The van der Waals surface area contributed by atoms with Crippen LogP contribution in [0.4, 0.5) is 0 Å². The smallest absolute Gasteiger partial charge is 0.142 e. The van der Waals surface area contributed by atoms with Gasteiger partial charge in [-0.1, -0.05) is 13.8 Å². The Labute approximate surface area is 132 Å².